The van der Waals surface area contributed by atoms with E-state index in [1.807, 2.05) is 63.2 Å². The van der Waals surface area contributed by atoms with Gasteiger partial charge in [-0.15, -0.1) is 0 Å². The molecule has 0 bridgehead atoms. The van der Waals surface area contributed by atoms with Crippen molar-refractivity contribution in [3.8, 4) is 5.75 Å². The Bertz CT molecular complexity index is 1130. The van der Waals surface area contributed by atoms with Gasteiger partial charge < -0.3 is 15.0 Å². The molecule has 2 aromatic rings. The van der Waals surface area contributed by atoms with Crippen molar-refractivity contribution in [2.75, 3.05) is 30.8 Å². The van der Waals surface area contributed by atoms with Gasteiger partial charge >= 0.3 is 0 Å². The van der Waals surface area contributed by atoms with E-state index in [0.29, 0.717) is 24.4 Å². The van der Waals surface area contributed by atoms with Gasteiger partial charge in [-0.3, -0.25) is 13.9 Å². The highest BCUT2D eigenvalue weighted by Gasteiger charge is 2.26. The van der Waals surface area contributed by atoms with Crippen LogP contribution in [0.15, 0.2) is 42.5 Å². The number of carbonyl (C=O) groups is 2. The number of nitrogens with one attached hydrogen (secondary N) is 1. The first-order valence-electron chi connectivity index (χ1n) is 12.2. The summed E-state index contributed by atoms with van der Waals surface area (Å²) in [6, 6.07) is 12.3. The van der Waals surface area contributed by atoms with Crippen LogP contribution in [0.1, 0.15) is 49.8 Å². The number of hydrogen-bond donors (Lipinski definition) is 1. The Morgan fingerprint density at radius 3 is 2.33 bits per heavy atom. The number of anilines is 1. The zero-order valence-electron chi connectivity index (χ0n) is 22.2. The van der Waals surface area contributed by atoms with Gasteiger partial charge in [0.1, 0.15) is 11.8 Å². The Morgan fingerprint density at radius 1 is 1.08 bits per heavy atom. The van der Waals surface area contributed by atoms with E-state index in [9.17, 15) is 18.0 Å². The summed E-state index contributed by atoms with van der Waals surface area (Å²) in [4.78, 5) is 27.6. The molecule has 36 heavy (non-hydrogen) atoms. The van der Waals surface area contributed by atoms with Gasteiger partial charge in [-0.05, 0) is 74.6 Å². The lowest BCUT2D eigenvalue weighted by Gasteiger charge is -2.29. The molecular weight excluding hydrogens is 478 g/mol. The first kappa shape index (κ1) is 29.2. The molecule has 198 valence electrons. The fourth-order valence-corrected chi connectivity index (χ4v) is 4.99. The normalized spacial score (nSPS) is 12.1. The maximum atomic E-state index is 13.3. The van der Waals surface area contributed by atoms with Crippen molar-refractivity contribution in [1.82, 2.24) is 10.2 Å². The second-order valence-electron chi connectivity index (χ2n) is 9.12. The van der Waals surface area contributed by atoms with Crippen LogP contribution in [0.2, 0.25) is 0 Å². The molecule has 2 aromatic carbocycles. The maximum Gasteiger partial charge on any atom is 0.242 e. The second-order valence-corrected chi connectivity index (χ2v) is 11.0. The van der Waals surface area contributed by atoms with Crippen molar-refractivity contribution in [2.24, 2.45) is 0 Å². The average molecular weight is 518 g/mol. The third kappa shape index (κ3) is 8.55. The van der Waals surface area contributed by atoms with Crippen LogP contribution in [0, 0.1) is 13.8 Å². The molecule has 0 heterocycles. The summed E-state index contributed by atoms with van der Waals surface area (Å²) in [7, 11) is -1.96. The fourth-order valence-electron chi connectivity index (χ4n) is 4.04. The van der Waals surface area contributed by atoms with Crippen LogP contribution < -0.4 is 14.4 Å². The van der Waals surface area contributed by atoms with Gasteiger partial charge in [0.25, 0.3) is 0 Å². The van der Waals surface area contributed by atoms with E-state index in [0.717, 1.165) is 23.1 Å². The molecule has 2 rings (SSSR count). The van der Waals surface area contributed by atoms with Crippen molar-refractivity contribution in [2.45, 2.75) is 59.5 Å². The Morgan fingerprint density at radius 2 is 1.75 bits per heavy atom. The van der Waals surface area contributed by atoms with Crippen molar-refractivity contribution < 1.29 is 22.7 Å². The van der Waals surface area contributed by atoms with Crippen LogP contribution >= 0.6 is 0 Å². The summed E-state index contributed by atoms with van der Waals surface area (Å²) in [5.74, 6) is 0.229. The number of amides is 2. The molecule has 8 nitrogen and oxygen atoms in total. The molecule has 0 aliphatic carbocycles. The molecule has 9 heteroatoms. The molecule has 1 N–H and O–H groups in total. The minimum absolute atomic E-state index is 0.103. The molecule has 0 saturated carbocycles. The van der Waals surface area contributed by atoms with Gasteiger partial charge in [-0.25, -0.2) is 8.42 Å². The number of rotatable bonds is 13. The molecule has 0 aliphatic heterocycles. The Labute approximate surface area is 215 Å². The van der Waals surface area contributed by atoms with Crippen molar-refractivity contribution in [1.29, 1.82) is 0 Å². The van der Waals surface area contributed by atoms with Crippen LogP contribution in [0.5, 0.6) is 5.75 Å². The van der Waals surface area contributed by atoms with Gasteiger partial charge in [0.2, 0.25) is 21.8 Å². The fraction of sp³-hybridized carbons (Fsp3) is 0.481. The number of nitrogens with zero attached hydrogens (tertiary/aromatic N) is 2. The number of hydrogen-bond acceptors (Lipinski definition) is 5. The standard InChI is InChI=1S/C27H39N3O5S/c1-7-13-28-27(32)22(4)29(19-23-10-8-11-25(18-23)35-5)26(31)12-9-14-30(36(6,33)34)24-16-20(2)15-21(3)17-24/h8,10-11,15-18,22H,7,9,12-14,19H2,1-6H3,(H,28,32). The summed E-state index contributed by atoms with van der Waals surface area (Å²) in [5, 5.41) is 2.86. The third-order valence-corrected chi connectivity index (χ3v) is 7.04. The van der Waals surface area contributed by atoms with Gasteiger partial charge in [0.05, 0.1) is 19.1 Å². The zero-order chi connectivity index (χ0) is 26.9. The largest absolute Gasteiger partial charge is 0.497 e. The van der Waals surface area contributed by atoms with Gasteiger partial charge in [0.15, 0.2) is 0 Å². The van der Waals surface area contributed by atoms with Crippen LogP contribution in [0.4, 0.5) is 5.69 Å². The van der Waals surface area contributed by atoms with Gasteiger partial charge in [-0.1, -0.05) is 25.1 Å². The van der Waals surface area contributed by atoms with E-state index >= 15 is 0 Å². The number of ether oxygens (including phenoxy) is 1. The van der Waals surface area contributed by atoms with Gasteiger partial charge in [0, 0.05) is 26.1 Å². The highest BCUT2D eigenvalue weighted by molar-refractivity contribution is 7.92. The monoisotopic (exact) mass is 517 g/mol. The SMILES string of the molecule is CCCNC(=O)C(C)N(Cc1cccc(OC)c1)C(=O)CCCN(c1cc(C)cc(C)c1)S(C)(=O)=O. The smallest absolute Gasteiger partial charge is 0.242 e. The van der Waals surface area contributed by atoms with Crippen LogP contribution in [-0.2, 0) is 26.2 Å². The van der Waals surface area contributed by atoms with E-state index < -0.39 is 16.1 Å². The minimum atomic E-state index is -3.54. The molecule has 0 spiro atoms. The summed E-state index contributed by atoms with van der Waals surface area (Å²) < 4.78 is 31.7. The van der Waals surface area contributed by atoms with Crippen molar-refractivity contribution in [3.05, 3.63) is 59.2 Å². The molecule has 0 aliphatic rings. The number of sulfonamides is 1. The molecular formula is C27H39N3O5S. The molecule has 0 radical (unpaired) electrons. The first-order chi connectivity index (χ1) is 17.0. The van der Waals surface area contributed by atoms with Crippen LogP contribution in [0.3, 0.4) is 0 Å². The van der Waals surface area contributed by atoms with Crippen molar-refractivity contribution in [3.63, 3.8) is 0 Å². The predicted octanol–water partition coefficient (Wildman–Crippen LogP) is 3.80. The molecule has 0 saturated heterocycles. The molecule has 0 aromatic heterocycles. The average Bonchev–Trinajstić information content (AvgIpc) is 2.81. The minimum Gasteiger partial charge on any atom is -0.497 e. The maximum absolute atomic E-state index is 13.3. The van der Waals surface area contributed by atoms with E-state index in [-0.39, 0.29) is 31.3 Å². The van der Waals surface area contributed by atoms with Crippen LogP contribution in [-0.4, -0.2) is 57.6 Å². The Balaban J connectivity index is 2.20. The number of methoxy groups -OCH3 is 1. The lowest BCUT2D eigenvalue weighted by Crippen LogP contribution is -2.47. The summed E-state index contributed by atoms with van der Waals surface area (Å²) >= 11 is 0. The van der Waals surface area contributed by atoms with E-state index in [2.05, 4.69) is 5.32 Å². The topological polar surface area (TPSA) is 96.0 Å². The number of benzene rings is 2. The Hall–Kier alpha value is -3.07. The van der Waals surface area contributed by atoms with E-state index in [1.54, 1.807) is 18.9 Å². The summed E-state index contributed by atoms with van der Waals surface area (Å²) in [6.45, 7) is 8.45. The molecule has 1 atom stereocenters. The lowest BCUT2D eigenvalue weighted by molar-refractivity contribution is -0.140. The number of carbonyl (C=O) groups excluding carboxylic acids is 2. The second kappa shape index (κ2) is 13.3. The third-order valence-electron chi connectivity index (χ3n) is 5.85. The quantitative estimate of drug-likeness (QED) is 0.436. The molecule has 2 amide bonds. The molecule has 1 unspecified atom stereocenters. The highest BCUT2D eigenvalue weighted by Crippen LogP contribution is 2.22. The van der Waals surface area contributed by atoms with Gasteiger partial charge in [-0.2, -0.15) is 0 Å². The van der Waals surface area contributed by atoms with E-state index in [1.165, 1.54) is 10.6 Å². The van der Waals surface area contributed by atoms with Crippen molar-refractivity contribution >= 4 is 27.5 Å². The summed E-state index contributed by atoms with van der Waals surface area (Å²) in [6.07, 6.45) is 2.38. The Kier molecular flexibility index (Phi) is 10.8. The van der Waals surface area contributed by atoms with Crippen LogP contribution in [0.25, 0.3) is 0 Å². The number of aryl methyl sites for hydroxylation is 2. The first-order valence-corrected chi connectivity index (χ1v) is 14.1. The predicted molar refractivity (Wildman–Crippen MR) is 144 cm³/mol. The van der Waals surface area contributed by atoms with E-state index in [4.69, 9.17) is 4.74 Å². The highest BCUT2D eigenvalue weighted by atomic mass is 32.2. The zero-order valence-corrected chi connectivity index (χ0v) is 23.0. The lowest BCUT2D eigenvalue weighted by atomic mass is 10.1. The molecule has 0 fully saturated rings. The summed E-state index contributed by atoms with van der Waals surface area (Å²) in [5.41, 5.74) is 3.35.